The molecule has 1 unspecified atom stereocenters. The summed E-state index contributed by atoms with van der Waals surface area (Å²) in [6.45, 7) is 4.24. The lowest BCUT2D eigenvalue weighted by Gasteiger charge is -2.12. The van der Waals surface area contributed by atoms with Gasteiger partial charge in [0.05, 0.1) is 19.3 Å². The van der Waals surface area contributed by atoms with Gasteiger partial charge < -0.3 is 15.2 Å². The van der Waals surface area contributed by atoms with E-state index in [1.807, 2.05) is 13.8 Å². The Hall–Kier alpha value is -1.92. The summed E-state index contributed by atoms with van der Waals surface area (Å²) in [4.78, 5) is 17.5. The first kappa shape index (κ1) is 15.5. The third-order valence-corrected chi connectivity index (χ3v) is 4.22. The second-order valence-corrected chi connectivity index (χ2v) is 5.93. The molecule has 0 spiro atoms. The molecule has 1 amide bonds. The fourth-order valence-electron chi connectivity index (χ4n) is 1.84. The normalized spacial score (nSPS) is 12.0. The molecule has 1 aromatic carbocycles. The molecule has 0 saturated heterocycles. The summed E-state index contributed by atoms with van der Waals surface area (Å²) < 4.78 is 5.08. The number of benzene rings is 1. The van der Waals surface area contributed by atoms with Crippen LogP contribution >= 0.6 is 11.3 Å². The lowest BCUT2D eigenvalue weighted by molar-refractivity contribution is -0.129. The van der Waals surface area contributed by atoms with Crippen LogP contribution in [0.15, 0.2) is 24.3 Å². The number of aliphatic hydroxyl groups is 1. The molecule has 0 saturated carbocycles. The van der Waals surface area contributed by atoms with Crippen molar-refractivity contribution in [2.75, 3.05) is 7.11 Å². The van der Waals surface area contributed by atoms with Crippen molar-refractivity contribution in [2.24, 2.45) is 0 Å². The van der Waals surface area contributed by atoms with E-state index in [1.54, 1.807) is 42.7 Å². The first-order valence-corrected chi connectivity index (χ1v) is 7.35. The number of hydrogen-bond acceptors (Lipinski definition) is 5. The molecule has 0 fully saturated rings. The number of amides is 1. The van der Waals surface area contributed by atoms with E-state index in [4.69, 9.17) is 4.74 Å². The molecule has 21 heavy (non-hydrogen) atoms. The maximum Gasteiger partial charge on any atom is 0.253 e. The van der Waals surface area contributed by atoms with Crippen molar-refractivity contribution in [2.45, 2.75) is 26.5 Å². The number of carbonyl (C=O) groups is 1. The highest BCUT2D eigenvalue weighted by molar-refractivity contribution is 7.11. The molecule has 1 heterocycles. The highest BCUT2D eigenvalue weighted by Crippen LogP contribution is 2.20. The van der Waals surface area contributed by atoms with Gasteiger partial charge in [-0.3, -0.25) is 4.79 Å². The minimum absolute atomic E-state index is 0.319. The average molecular weight is 306 g/mol. The number of aromatic nitrogens is 1. The fraction of sp³-hybridized carbons (Fsp3) is 0.333. The van der Waals surface area contributed by atoms with E-state index in [9.17, 15) is 9.90 Å². The molecule has 0 aliphatic carbocycles. The smallest absolute Gasteiger partial charge is 0.253 e. The number of aliphatic hydroxyl groups excluding tert-OH is 1. The topological polar surface area (TPSA) is 71.5 Å². The Balaban J connectivity index is 1.98. The predicted molar refractivity (Wildman–Crippen MR) is 81.4 cm³/mol. The zero-order valence-corrected chi connectivity index (χ0v) is 13.0. The van der Waals surface area contributed by atoms with Crippen molar-refractivity contribution >= 4 is 17.2 Å². The average Bonchev–Trinajstić information content (AvgIpc) is 2.82. The van der Waals surface area contributed by atoms with Crippen LogP contribution in [0.3, 0.4) is 0 Å². The minimum atomic E-state index is -1.22. The summed E-state index contributed by atoms with van der Waals surface area (Å²) >= 11 is 1.54. The van der Waals surface area contributed by atoms with Gasteiger partial charge in [-0.25, -0.2) is 4.98 Å². The minimum Gasteiger partial charge on any atom is -0.497 e. The van der Waals surface area contributed by atoms with Crippen molar-refractivity contribution in [1.29, 1.82) is 0 Å². The van der Waals surface area contributed by atoms with Gasteiger partial charge in [0.15, 0.2) is 6.10 Å². The van der Waals surface area contributed by atoms with Crippen LogP contribution in [0, 0.1) is 13.8 Å². The van der Waals surface area contributed by atoms with Crippen LogP contribution < -0.4 is 10.1 Å². The Labute approximate surface area is 127 Å². The first-order valence-electron chi connectivity index (χ1n) is 6.54. The van der Waals surface area contributed by atoms with E-state index in [0.29, 0.717) is 17.9 Å². The molecular weight excluding hydrogens is 288 g/mol. The molecule has 1 atom stereocenters. The van der Waals surface area contributed by atoms with E-state index >= 15 is 0 Å². The molecule has 0 aliphatic heterocycles. The van der Waals surface area contributed by atoms with Crippen LogP contribution in [0.1, 0.15) is 27.2 Å². The van der Waals surface area contributed by atoms with Crippen molar-refractivity contribution < 1.29 is 14.6 Å². The van der Waals surface area contributed by atoms with Crippen molar-refractivity contribution in [3.05, 3.63) is 45.4 Å². The number of methoxy groups -OCH3 is 1. The van der Waals surface area contributed by atoms with Gasteiger partial charge in [0, 0.05) is 4.88 Å². The Morgan fingerprint density at radius 1 is 1.48 bits per heavy atom. The Morgan fingerprint density at radius 2 is 2.24 bits per heavy atom. The highest BCUT2D eigenvalue weighted by atomic mass is 32.1. The molecule has 5 nitrogen and oxygen atoms in total. The highest BCUT2D eigenvalue weighted by Gasteiger charge is 2.18. The van der Waals surface area contributed by atoms with Crippen LogP contribution in [-0.2, 0) is 11.3 Å². The number of nitrogens with one attached hydrogen (secondary N) is 1. The molecule has 112 valence electrons. The summed E-state index contributed by atoms with van der Waals surface area (Å²) in [5.74, 6) is 0.152. The van der Waals surface area contributed by atoms with Crippen molar-refractivity contribution in [3.63, 3.8) is 0 Å². The SMILES string of the molecule is COc1cccc(C(O)C(=O)NCc2nc(C)c(C)s2)c1. The Kier molecular flexibility index (Phi) is 4.93. The standard InChI is InChI=1S/C15H18N2O3S/c1-9-10(2)21-13(17-9)8-16-15(19)14(18)11-5-4-6-12(7-11)20-3/h4-7,14,18H,8H2,1-3H3,(H,16,19). The molecule has 0 aliphatic rings. The molecule has 2 rings (SSSR count). The number of nitrogens with zero attached hydrogens (tertiary/aromatic N) is 1. The van der Waals surface area contributed by atoms with Crippen LogP contribution in [0.5, 0.6) is 5.75 Å². The molecule has 0 bridgehead atoms. The molecule has 2 N–H and O–H groups in total. The third-order valence-electron chi connectivity index (χ3n) is 3.14. The summed E-state index contributed by atoms with van der Waals surface area (Å²) in [7, 11) is 1.54. The zero-order chi connectivity index (χ0) is 15.4. The summed E-state index contributed by atoms with van der Waals surface area (Å²) in [5, 5.41) is 13.6. The van der Waals surface area contributed by atoms with E-state index in [1.165, 1.54) is 0 Å². The summed E-state index contributed by atoms with van der Waals surface area (Å²) in [6, 6.07) is 6.82. The number of aryl methyl sites for hydroxylation is 2. The third kappa shape index (κ3) is 3.80. The van der Waals surface area contributed by atoms with Gasteiger partial charge in [0.25, 0.3) is 5.91 Å². The molecule has 2 aromatic rings. The van der Waals surface area contributed by atoms with Gasteiger partial charge in [-0.15, -0.1) is 11.3 Å². The van der Waals surface area contributed by atoms with Gasteiger partial charge in [-0.1, -0.05) is 12.1 Å². The molecule has 6 heteroatoms. The second-order valence-electron chi connectivity index (χ2n) is 4.65. The van der Waals surface area contributed by atoms with Gasteiger partial charge >= 0.3 is 0 Å². The maximum atomic E-state index is 12.0. The largest absolute Gasteiger partial charge is 0.497 e. The molecule has 0 radical (unpaired) electrons. The first-order chi connectivity index (χ1) is 10.0. The number of rotatable bonds is 5. The lowest BCUT2D eigenvalue weighted by Crippen LogP contribution is -2.28. The van der Waals surface area contributed by atoms with E-state index in [0.717, 1.165) is 15.6 Å². The van der Waals surface area contributed by atoms with E-state index < -0.39 is 12.0 Å². The lowest BCUT2D eigenvalue weighted by atomic mass is 10.1. The van der Waals surface area contributed by atoms with Gasteiger partial charge in [0.2, 0.25) is 0 Å². The van der Waals surface area contributed by atoms with Crippen molar-refractivity contribution in [3.8, 4) is 5.75 Å². The van der Waals surface area contributed by atoms with Gasteiger partial charge in [0.1, 0.15) is 10.8 Å². The fourth-order valence-corrected chi connectivity index (χ4v) is 2.71. The summed E-state index contributed by atoms with van der Waals surface area (Å²) in [6.07, 6.45) is -1.22. The number of ether oxygens (including phenoxy) is 1. The Morgan fingerprint density at radius 3 is 2.86 bits per heavy atom. The van der Waals surface area contributed by atoms with Gasteiger partial charge in [-0.05, 0) is 31.5 Å². The predicted octanol–water partition coefficient (Wildman–Crippen LogP) is 2.12. The Bertz CT molecular complexity index is 620. The maximum absolute atomic E-state index is 12.0. The van der Waals surface area contributed by atoms with E-state index in [-0.39, 0.29) is 0 Å². The summed E-state index contributed by atoms with van der Waals surface area (Å²) in [5.41, 5.74) is 1.47. The van der Waals surface area contributed by atoms with Crippen LogP contribution in [0.4, 0.5) is 0 Å². The number of hydrogen-bond donors (Lipinski definition) is 2. The second kappa shape index (κ2) is 6.69. The monoisotopic (exact) mass is 306 g/mol. The van der Waals surface area contributed by atoms with Crippen LogP contribution in [-0.4, -0.2) is 23.1 Å². The number of thiazole rings is 1. The molecule has 1 aromatic heterocycles. The quantitative estimate of drug-likeness (QED) is 0.887. The van der Waals surface area contributed by atoms with Crippen LogP contribution in [0.2, 0.25) is 0 Å². The molecular formula is C15H18N2O3S. The van der Waals surface area contributed by atoms with Gasteiger partial charge in [-0.2, -0.15) is 0 Å². The van der Waals surface area contributed by atoms with E-state index in [2.05, 4.69) is 10.3 Å². The zero-order valence-electron chi connectivity index (χ0n) is 12.2. The van der Waals surface area contributed by atoms with Crippen LogP contribution in [0.25, 0.3) is 0 Å². The number of carbonyl (C=O) groups excluding carboxylic acids is 1. The van der Waals surface area contributed by atoms with Crippen molar-refractivity contribution in [1.82, 2.24) is 10.3 Å².